The number of hydrogen-bond donors (Lipinski definition) is 1. The summed E-state index contributed by atoms with van der Waals surface area (Å²) in [4.78, 5) is 0. The normalized spacial score (nSPS) is 25.0. The van der Waals surface area contributed by atoms with Crippen molar-refractivity contribution >= 4 is 11.8 Å². The molecule has 1 heterocycles. The van der Waals surface area contributed by atoms with E-state index in [-0.39, 0.29) is 0 Å². The summed E-state index contributed by atoms with van der Waals surface area (Å²) in [5.74, 6) is 2.18. The van der Waals surface area contributed by atoms with Gasteiger partial charge in [0.25, 0.3) is 0 Å². The van der Waals surface area contributed by atoms with Crippen molar-refractivity contribution in [3.05, 3.63) is 24.2 Å². The van der Waals surface area contributed by atoms with Crippen molar-refractivity contribution in [1.29, 1.82) is 0 Å². The van der Waals surface area contributed by atoms with Gasteiger partial charge in [-0.2, -0.15) is 11.8 Å². The molecule has 1 fully saturated rings. The predicted molar refractivity (Wildman–Crippen MR) is 74.3 cm³/mol. The summed E-state index contributed by atoms with van der Waals surface area (Å²) in [6.07, 6.45) is 9.26. The zero-order chi connectivity index (χ0) is 11.9. The fourth-order valence-corrected chi connectivity index (χ4v) is 3.85. The number of rotatable bonds is 6. The Hall–Kier alpha value is -0.410. The molecule has 0 aliphatic heterocycles. The second-order valence-electron chi connectivity index (χ2n) is 5.07. The summed E-state index contributed by atoms with van der Waals surface area (Å²) in [5, 5.41) is 4.37. The van der Waals surface area contributed by atoms with Crippen LogP contribution in [0.15, 0.2) is 23.0 Å². The summed E-state index contributed by atoms with van der Waals surface area (Å²) in [7, 11) is 0. The monoisotopic (exact) mass is 253 g/mol. The number of nitrogens with one attached hydrogen (secondary N) is 1. The van der Waals surface area contributed by atoms with Crippen LogP contribution in [0.5, 0.6) is 0 Å². The SMILES string of the molecule is CC1CCCC(SCCNCc2ccoc2)C1. The van der Waals surface area contributed by atoms with Gasteiger partial charge >= 0.3 is 0 Å². The van der Waals surface area contributed by atoms with Gasteiger partial charge < -0.3 is 9.73 Å². The summed E-state index contributed by atoms with van der Waals surface area (Å²) in [6, 6.07) is 2.02. The van der Waals surface area contributed by atoms with E-state index in [0.29, 0.717) is 0 Å². The molecule has 2 atom stereocenters. The molecule has 1 saturated carbocycles. The molecule has 2 unspecified atom stereocenters. The standard InChI is InChI=1S/C14H23NOS/c1-12-3-2-4-14(9-12)17-8-6-15-10-13-5-7-16-11-13/h5,7,11-12,14-15H,2-4,6,8-10H2,1H3. The molecule has 1 aliphatic carbocycles. The lowest BCUT2D eigenvalue weighted by Crippen LogP contribution is -2.20. The van der Waals surface area contributed by atoms with Crippen LogP contribution in [0.25, 0.3) is 0 Å². The van der Waals surface area contributed by atoms with Crippen molar-refractivity contribution in [2.45, 2.75) is 44.4 Å². The van der Waals surface area contributed by atoms with E-state index < -0.39 is 0 Å². The quantitative estimate of drug-likeness (QED) is 0.783. The topological polar surface area (TPSA) is 25.2 Å². The summed E-state index contributed by atoms with van der Waals surface area (Å²) in [6.45, 7) is 4.42. The molecule has 1 aromatic rings. The molecule has 0 amide bonds. The highest BCUT2D eigenvalue weighted by molar-refractivity contribution is 7.99. The fourth-order valence-electron chi connectivity index (χ4n) is 2.45. The molecular weight excluding hydrogens is 230 g/mol. The molecule has 0 saturated heterocycles. The van der Waals surface area contributed by atoms with E-state index in [1.54, 1.807) is 6.26 Å². The van der Waals surface area contributed by atoms with Crippen LogP contribution in [0.1, 0.15) is 38.2 Å². The molecular formula is C14H23NOS. The van der Waals surface area contributed by atoms with Gasteiger partial charge in [0.15, 0.2) is 0 Å². The molecule has 0 bridgehead atoms. The fraction of sp³-hybridized carbons (Fsp3) is 0.714. The van der Waals surface area contributed by atoms with Crippen LogP contribution in [0.2, 0.25) is 0 Å². The van der Waals surface area contributed by atoms with Gasteiger partial charge in [-0.25, -0.2) is 0 Å². The van der Waals surface area contributed by atoms with Gasteiger partial charge in [-0.15, -0.1) is 0 Å². The van der Waals surface area contributed by atoms with Gasteiger partial charge in [0.05, 0.1) is 12.5 Å². The Labute approximate surface area is 109 Å². The van der Waals surface area contributed by atoms with Gasteiger partial charge in [-0.1, -0.05) is 19.8 Å². The first kappa shape index (κ1) is 13.0. The van der Waals surface area contributed by atoms with Crippen molar-refractivity contribution in [3.63, 3.8) is 0 Å². The molecule has 96 valence electrons. The van der Waals surface area contributed by atoms with E-state index in [2.05, 4.69) is 24.0 Å². The van der Waals surface area contributed by atoms with Gasteiger partial charge in [0.2, 0.25) is 0 Å². The second-order valence-corrected chi connectivity index (χ2v) is 6.48. The first-order valence-electron chi connectivity index (χ1n) is 6.68. The van der Waals surface area contributed by atoms with Crippen molar-refractivity contribution < 1.29 is 4.42 Å². The van der Waals surface area contributed by atoms with Crippen molar-refractivity contribution in [1.82, 2.24) is 5.32 Å². The molecule has 1 aliphatic rings. The molecule has 0 aromatic carbocycles. The van der Waals surface area contributed by atoms with Gasteiger partial charge in [0, 0.05) is 29.7 Å². The number of thioether (sulfide) groups is 1. The molecule has 0 radical (unpaired) electrons. The molecule has 0 spiro atoms. The lowest BCUT2D eigenvalue weighted by molar-refractivity contribution is 0.394. The van der Waals surface area contributed by atoms with Crippen LogP contribution in [-0.2, 0) is 6.54 Å². The third-order valence-electron chi connectivity index (χ3n) is 3.43. The lowest BCUT2D eigenvalue weighted by atomic mass is 9.91. The molecule has 2 nitrogen and oxygen atoms in total. The number of furan rings is 1. The average molecular weight is 253 g/mol. The van der Waals surface area contributed by atoms with E-state index in [0.717, 1.165) is 24.3 Å². The Kier molecular flexibility index (Phi) is 5.46. The molecule has 1 aromatic heterocycles. The van der Waals surface area contributed by atoms with E-state index in [9.17, 15) is 0 Å². The third kappa shape index (κ3) is 4.76. The molecule has 3 heteroatoms. The third-order valence-corrected chi connectivity index (χ3v) is 4.77. The van der Waals surface area contributed by atoms with Gasteiger partial charge in [0.1, 0.15) is 0 Å². The van der Waals surface area contributed by atoms with E-state index in [1.807, 2.05) is 12.3 Å². The van der Waals surface area contributed by atoms with Gasteiger partial charge in [-0.05, 0) is 24.8 Å². The van der Waals surface area contributed by atoms with E-state index in [4.69, 9.17) is 4.42 Å². The molecule has 1 N–H and O–H groups in total. The zero-order valence-corrected chi connectivity index (χ0v) is 11.5. The smallest absolute Gasteiger partial charge is 0.0947 e. The maximum atomic E-state index is 5.03. The lowest BCUT2D eigenvalue weighted by Gasteiger charge is -2.26. The highest BCUT2D eigenvalue weighted by Gasteiger charge is 2.18. The second kappa shape index (κ2) is 7.12. The van der Waals surface area contributed by atoms with Crippen LogP contribution in [0.4, 0.5) is 0 Å². The summed E-state index contributed by atoms with van der Waals surface area (Å²) < 4.78 is 5.03. The first-order chi connectivity index (χ1) is 8.34. The highest BCUT2D eigenvalue weighted by Crippen LogP contribution is 2.31. The Morgan fingerprint density at radius 3 is 3.18 bits per heavy atom. The maximum Gasteiger partial charge on any atom is 0.0947 e. The zero-order valence-electron chi connectivity index (χ0n) is 10.7. The van der Waals surface area contributed by atoms with E-state index in [1.165, 1.54) is 37.0 Å². The minimum Gasteiger partial charge on any atom is -0.472 e. The predicted octanol–water partition coefficient (Wildman–Crippen LogP) is 3.68. The summed E-state index contributed by atoms with van der Waals surface area (Å²) >= 11 is 2.15. The maximum absolute atomic E-state index is 5.03. The van der Waals surface area contributed by atoms with Crippen LogP contribution in [0, 0.1) is 5.92 Å². The minimum absolute atomic E-state index is 0.912. The van der Waals surface area contributed by atoms with Crippen LogP contribution in [-0.4, -0.2) is 17.5 Å². The van der Waals surface area contributed by atoms with Crippen molar-refractivity contribution in [2.24, 2.45) is 5.92 Å². The minimum atomic E-state index is 0.912. The average Bonchev–Trinajstić information content (AvgIpc) is 2.82. The Morgan fingerprint density at radius 2 is 2.41 bits per heavy atom. The molecule has 17 heavy (non-hydrogen) atoms. The Morgan fingerprint density at radius 1 is 1.47 bits per heavy atom. The van der Waals surface area contributed by atoms with Crippen molar-refractivity contribution in [3.8, 4) is 0 Å². The van der Waals surface area contributed by atoms with Crippen LogP contribution < -0.4 is 5.32 Å². The van der Waals surface area contributed by atoms with Gasteiger partial charge in [-0.3, -0.25) is 0 Å². The first-order valence-corrected chi connectivity index (χ1v) is 7.73. The number of hydrogen-bond acceptors (Lipinski definition) is 3. The molecule has 2 rings (SSSR count). The van der Waals surface area contributed by atoms with Crippen molar-refractivity contribution in [2.75, 3.05) is 12.3 Å². The Bertz CT molecular complexity index is 299. The highest BCUT2D eigenvalue weighted by atomic mass is 32.2. The Balaban J connectivity index is 1.51. The largest absolute Gasteiger partial charge is 0.472 e. The summed E-state index contributed by atoms with van der Waals surface area (Å²) in [5.41, 5.74) is 1.24. The van der Waals surface area contributed by atoms with E-state index >= 15 is 0 Å². The van der Waals surface area contributed by atoms with Crippen LogP contribution >= 0.6 is 11.8 Å². The van der Waals surface area contributed by atoms with Crippen LogP contribution in [0.3, 0.4) is 0 Å².